The number of carbonyl (C=O) groups is 3. The molecule has 176 valence electrons. The first kappa shape index (κ1) is 24.2. The Morgan fingerprint density at radius 3 is 2.11 bits per heavy atom. The molecule has 0 bridgehead atoms. The Morgan fingerprint density at radius 1 is 0.914 bits per heavy atom. The summed E-state index contributed by atoms with van der Waals surface area (Å²) in [7, 11) is -1.94. The van der Waals surface area contributed by atoms with Gasteiger partial charge in [0.15, 0.2) is 5.69 Å². The van der Waals surface area contributed by atoms with Crippen LogP contribution in [0.25, 0.3) is 0 Å². The molecule has 0 aliphatic rings. The SMILES string of the molecule is O=C(Cc1cccs1)N[C@@H](Cn1nnc(C(=O)c2ccccc2)c1C(=O)c1ccccc1)B(O)O. The van der Waals surface area contributed by atoms with Crippen LogP contribution in [-0.4, -0.2) is 55.6 Å². The van der Waals surface area contributed by atoms with Crippen molar-refractivity contribution in [1.82, 2.24) is 20.3 Å². The van der Waals surface area contributed by atoms with E-state index < -0.39 is 30.5 Å². The van der Waals surface area contributed by atoms with Gasteiger partial charge in [-0.25, -0.2) is 4.68 Å². The highest BCUT2D eigenvalue weighted by molar-refractivity contribution is 7.10. The molecule has 0 saturated carbocycles. The highest BCUT2D eigenvalue weighted by Gasteiger charge is 2.32. The molecule has 1 atom stereocenters. The summed E-state index contributed by atoms with van der Waals surface area (Å²) in [5.41, 5.74) is 0.356. The van der Waals surface area contributed by atoms with Crippen LogP contribution in [0.4, 0.5) is 0 Å². The number of benzene rings is 2. The Labute approximate surface area is 205 Å². The second kappa shape index (κ2) is 11.0. The molecule has 11 heteroatoms. The lowest BCUT2D eigenvalue weighted by atomic mass is 9.79. The lowest BCUT2D eigenvalue weighted by Gasteiger charge is -2.18. The first-order valence-corrected chi connectivity index (χ1v) is 11.6. The fourth-order valence-corrected chi connectivity index (χ4v) is 4.20. The van der Waals surface area contributed by atoms with E-state index in [4.69, 9.17) is 0 Å². The summed E-state index contributed by atoms with van der Waals surface area (Å²) in [4.78, 5) is 39.8. The lowest BCUT2D eigenvalue weighted by molar-refractivity contribution is -0.120. The van der Waals surface area contributed by atoms with Crippen LogP contribution in [0.5, 0.6) is 0 Å². The molecule has 35 heavy (non-hydrogen) atoms. The number of ketones is 2. The third kappa shape index (κ3) is 5.77. The van der Waals surface area contributed by atoms with Crippen molar-refractivity contribution >= 4 is 35.9 Å². The molecule has 0 fully saturated rings. The molecule has 0 spiro atoms. The maximum atomic E-state index is 13.4. The number of carbonyl (C=O) groups excluding carboxylic acids is 3. The first-order valence-electron chi connectivity index (χ1n) is 10.7. The second-order valence-electron chi connectivity index (χ2n) is 7.70. The Hall–Kier alpha value is -3.93. The minimum Gasteiger partial charge on any atom is -0.426 e. The molecule has 0 saturated heterocycles. The van der Waals surface area contributed by atoms with E-state index in [0.29, 0.717) is 11.1 Å². The monoisotopic (exact) mass is 488 g/mol. The summed E-state index contributed by atoms with van der Waals surface area (Å²) in [5.74, 6) is -2.64. The Balaban J connectivity index is 1.66. The van der Waals surface area contributed by atoms with Gasteiger partial charge in [-0.05, 0) is 11.4 Å². The van der Waals surface area contributed by atoms with Gasteiger partial charge in [-0.2, -0.15) is 0 Å². The smallest absolute Gasteiger partial charge is 0.426 e. The molecule has 1 amide bonds. The van der Waals surface area contributed by atoms with Crippen LogP contribution in [-0.2, 0) is 17.8 Å². The van der Waals surface area contributed by atoms with Crippen molar-refractivity contribution in [2.75, 3.05) is 0 Å². The van der Waals surface area contributed by atoms with Crippen LogP contribution in [0.15, 0.2) is 78.2 Å². The van der Waals surface area contributed by atoms with Crippen molar-refractivity contribution < 1.29 is 24.4 Å². The first-order chi connectivity index (χ1) is 16.9. The molecule has 4 rings (SSSR count). The predicted molar refractivity (Wildman–Crippen MR) is 130 cm³/mol. The topological polar surface area (TPSA) is 134 Å². The molecule has 3 N–H and O–H groups in total. The summed E-state index contributed by atoms with van der Waals surface area (Å²) in [5, 5.41) is 32.2. The zero-order valence-electron chi connectivity index (χ0n) is 18.4. The van der Waals surface area contributed by atoms with Gasteiger partial charge in [0.1, 0.15) is 5.69 Å². The normalized spacial score (nSPS) is 11.6. The zero-order chi connectivity index (χ0) is 24.8. The van der Waals surface area contributed by atoms with Gasteiger partial charge >= 0.3 is 7.12 Å². The standard InChI is InChI=1S/C24H21BN4O5S/c30-20(14-18-12-7-13-35-18)26-19(25(33)34)15-29-22(24(32)17-10-5-2-6-11-17)21(27-28-29)23(31)16-8-3-1-4-9-16/h1-13,19,33-34H,14-15H2,(H,26,30)/t19-/m0/s1. The third-order valence-electron chi connectivity index (χ3n) is 5.23. The number of aromatic nitrogens is 3. The number of amides is 1. The Bertz CT molecular complexity index is 1310. The lowest BCUT2D eigenvalue weighted by Crippen LogP contribution is -2.49. The number of rotatable bonds is 10. The molecule has 0 aliphatic heterocycles. The van der Waals surface area contributed by atoms with Crippen LogP contribution >= 0.6 is 11.3 Å². The molecule has 0 radical (unpaired) electrons. The molecule has 9 nitrogen and oxygen atoms in total. The molecule has 2 aromatic heterocycles. The van der Waals surface area contributed by atoms with Crippen molar-refractivity contribution in [3.05, 3.63) is 106 Å². The van der Waals surface area contributed by atoms with Crippen molar-refractivity contribution in [1.29, 1.82) is 0 Å². The zero-order valence-corrected chi connectivity index (χ0v) is 19.3. The number of thiophene rings is 1. The molecule has 4 aromatic rings. The van der Waals surface area contributed by atoms with Gasteiger partial charge in [0.05, 0.1) is 18.9 Å². The number of nitrogens with zero attached hydrogens (tertiary/aromatic N) is 3. The maximum absolute atomic E-state index is 13.4. The highest BCUT2D eigenvalue weighted by atomic mass is 32.1. The average Bonchev–Trinajstić information content (AvgIpc) is 3.53. The molecular formula is C24H21BN4O5S. The van der Waals surface area contributed by atoms with Crippen molar-refractivity contribution in [2.45, 2.75) is 18.9 Å². The van der Waals surface area contributed by atoms with Gasteiger partial charge in [-0.3, -0.25) is 14.4 Å². The van der Waals surface area contributed by atoms with Gasteiger partial charge in [-0.1, -0.05) is 71.9 Å². The number of nitrogens with one attached hydrogen (secondary N) is 1. The van der Waals surface area contributed by atoms with Crippen molar-refractivity contribution in [3.8, 4) is 0 Å². The van der Waals surface area contributed by atoms with Crippen LogP contribution in [0, 0.1) is 0 Å². The minimum absolute atomic E-state index is 0.0613. The fourth-order valence-electron chi connectivity index (χ4n) is 3.50. The van der Waals surface area contributed by atoms with E-state index in [1.807, 2.05) is 11.4 Å². The maximum Gasteiger partial charge on any atom is 0.477 e. The highest BCUT2D eigenvalue weighted by Crippen LogP contribution is 2.18. The van der Waals surface area contributed by atoms with E-state index in [2.05, 4.69) is 15.6 Å². The number of hydrogen-bond acceptors (Lipinski definition) is 8. The van der Waals surface area contributed by atoms with E-state index in [0.717, 1.165) is 9.56 Å². The quantitative estimate of drug-likeness (QED) is 0.228. The Kier molecular flexibility index (Phi) is 7.61. The summed E-state index contributed by atoms with van der Waals surface area (Å²) in [6.07, 6.45) is 0.0613. The van der Waals surface area contributed by atoms with Gasteiger partial charge in [0.2, 0.25) is 17.5 Å². The van der Waals surface area contributed by atoms with Gasteiger partial charge in [0, 0.05) is 16.0 Å². The third-order valence-corrected chi connectivity index (χ3v) is 6.10. The fraction of sp³-hybridized carbons (Fsp3) is 0.125. The predicted octanol–water partition coefficient (Wildman–Crippen LogP) is 1.54. The van der Waals surface area contributed by atoms with Gasteiger partial charge in [0.25, 0.3) is 0 Å². The summed E-state index contributed by atoms with van der Waals surface area (Å²) in [6.45, 7) is -0.295. The van der Waals surface area contributed by atoms with Crippen LogP contribution in [0.3, 0.4) is 0 Å². The second-order valence-corrected chi connectivity index (χ2v) is 8.74. The van der Waals surface area contributed by atoms with Crippen LogP contribution < -0.4 is 5.32 Å². The van der Waals surface area contributed by atoms with Crippen molar-refractivity contribution in [2.24, 2.45) is 0 Å². The number of hydrogen-bond donors (Lipinski definition) is 3. The van der Waals surface area contributed by atoms with Crippen molar-refractivity contribution in [3.63, 3.8) is 0 Å². The summed E-state index contributed by atoms with van der Waals surface area (Å²) < 4.78 is 1.13. The molecule has 0 aliphatic carbocycles. The van der Waals surface area contributed by atoms with E-state index in [-0.39, 0.29) is 24.4 Å². The molecular weight excluding hydrogens is 467 g/mol. The van der Waals surface area contributed by atoms with Crippen LogP contribution in [0.2, 0.25) is 0 Å². The molecule has 0 unspecified atom stereocenters. The van der Waals surface area contributed by atoms with Gasteiger partial charge in [-0.15, -0.1) is 16.4 Å². The van der Waals surface area contributed by atoms with Gasteiger partial charge < -0.3 is 15.4 Å². The van der Waals surface area contributed by atoms with E-state index >= 15 is 0 Å². The summed E-state index contributed by atoms with van der Waals surface area (Å²) in [6, 6.07) is 20.3. The van der Waals surface area contributed by atoms with E-state index in [1.165, 1.54) is 11.3 Å². The van der Waals surface area contributed by atoms with Crippen LogP contribution in [0.1, 0.15) is 37.0 Å². The largest absolute Gasteiger partial charge is 0.477 e. The minimum atomic E-state index is -1.94. The summed E-state index contributed by atoms with van der Waals surface area (Å²) >= 11 is 1.40. The van der Waals surface area contributed by atoms with E-state index in [9.17, 15) is 24.4 Å². The average molecular weight is 488 g/mol. The molecule has 2 aromatic carbocycles. The molecule has 2 heterocycles. The van der Waals surface area contributed by atoms with E-state index in [1.54, 1.807) is 66.7 Å². The Morgan fingerprint density at radius 2 is 1.54 bits per heavy atom.